The Kier molecular flexibility index (Phi) is 4.24. The Bertz CT molecular complexity index is 549. The van der Waals surface area contributed by atoms with Crippen LogP contribution >= 0.6 is 0 Å². The fourth-order valence-electron chi connectivity index (χ4n) is 2.31. The molecule has 1 atom stereocenters. The van der Waals surface area contributed by atoms with Crippen LogP contribution in [0.15, 0.2) is 36.7 Å². The molecule has 0 aliphatic heterocycles. The number of aromatic nitrogens is 1. The molecule has 0 saturated carbocycles. The predicted molar refractivity (Wildman–Crippen MR) is 73.9 cm³/mol. The van der Waals surface area contributed by atoms with Crippen LogP contribution in [-0.4, -0.2) is 4.98 Å². The summed E-state index contributed by atoms with van der Waals surface area (Å²) in [6, 6.07) is 6.64. The zero-order chi connectivity index (χ0) is 13.8. The molecule has 1 heterocycles. The van der Waals surface area contributed by atoms with E-state index in [-0.39, 0.29) is 11.9 Å². The first-order valence-corrected chi connectivity index (χ1v) is 6.31. The molecule has 1 unspecified atom stereocenters. The third-order valence-electron chi connectivity index (χ3n) is 3.20. The number of benzene rings is 1. The van der Waals surface area contributed by atoms with Crippen LogP contribution in [0.2, 0.25) is 0 Å². The summed E-state index contributed by atoms with van der Waals surface area (Å²) in [5.41, 5.74) is 6.60. The maximum Gasteiger partial charge on any atom is 0.123 e. The molecule has 0 spiro atoms. The van der Waals surface area contributed by atoms with Gasteiger partial charge in [-0.2, -0.15) is 0 Å². The van der Waals surface area contributed by atoms with Gasteiger partial charge in [-0.25, -0.2) is 9.82 Å². The molecule has 0 aliphatic carbocycles. The Labute approximate surface area is 112 Å². The van der Waals surface area contributed by atoms with E-state index in [0.717, 1.165) is 28.7 Å². The lowest BCUT2D eigenvalue weighted by Gasteiger charge is -2.20. The van der Waals surface area contributed by atoms with E-state index in [0.29, 0.717) is 0 Å². The summed E-state index contributed by atoms with van der Waals surface area (Å²) in [7, 11) is 0. The summed E-state index contributed by atoms with van der Waals surface area (Å²) >= 11 is 0. The zero-order valence-corrected chi connectivity index (χ0v) is 11.2. The van der Waals surface area contributed by atoms with Crippen molar-refractivity contribution in [2.24, 2.45) is 5.84 Å². The highest BCUT2D eigenvalue weighted by molar-refractivity contribution is 5.37. The lowest BCUT2D eigenvalue weighted by molar-refractivity contribution is 0.601. The summed E-state index contributed by atoms with van der Waals surface area (Å²) in [4.78, 5) is 4.12. The Morgan fingerprint density at radius 2 is 2.16 bits per heavy atom. The molecule has 1 aromatic heterocycles. The minimum absolute atomic E-state index is 0.229. The zero-order valence-electron chi connectivity index (χ0n) is 11.2. The average molecular weight is 259 g/mol. The van der Waals surface area contributed by atoms with Crippen molar-refractivity contribution in [3.8, 4) is 0 Å². The van der Waals surface area contributed by atoms with Crippen LogP contribution in [0.4, 0.5) is 4.39 Å². The van der Waals surface area contributed by atoms with Gasteiger partial charge in [-0.15, -0.1) is 0 Å². The largest absolute Gasteiger partial charge is 0.271 e. The van der Waals surface area contributed by atoms with Gasteiger partial charge in [0.2, 0.25) is 0 Å². The number of hydrazine groups is 1. The van der Waals surface area contributed by atoms with Crippen molar-refractivity contribution in [2.75, 3.05) is 0 Å². The number of nitrogens with two attached hydrogens (primary N) is 1. The molecule has 3 nitrogen and oxygen atoms in total. The minimum atomic E-state index is -0.248. The maximum absolute atomic E-state index is 13.5. The molecular weight excluding hydrogens is 241 g/mol. The monoisotopic (exact) mass is 259 g/mol. The SMILES string of the molecule is CCc1cnccc1C(NN)c1cc(C)cc(F)c1. The average Bonchev–Trinajstić information content (AvgIpc) is 2.39. The van der Waals surface area contributed by atoms with E-state index in [1.54, 1.807) is 6.20 Å². The van der Waals surface area contributed by atoms with E-state index in [1.165, 1.54) is 12.1 Å². The van der Waals surface area contributed by atoms with E-state index in [9.17, 15) is 4.39 Å². The lowest BCUT2D eigenvalue weighted by atomic mass is 9.94. The fourth-order valence-corrected chi connectivity index (χ4v) is 2.31. The summed E-state index contributed by atoms with van der Waals surface area (Å²) < 4.78 is 13.5. The number of nitrogens with zero attached hydrogens (tertiary/aromatic N) is 1. The van der Waals surface area contributed by atoms with Gasteiger partial charge in [0.15, 0.2) is 0 Å². The molecular formula is C15H18FN3. The Morgan fingerprint density at radius 1 is 1.37 bits per heavy atom. The summed E-state index contributed by atoms with van der Waals surface area (Å²) in [5, 5.41) is 0. The number of pyridine rings is 1. The molecule has 0 amide bonds. The van der Waals surface area contributed by atoms with Crippen molar-refractivity contribution in [2.45, 2.75) is 26.3 Å². The molecule has 4 heteroatoms. The topological polar surface area (TPSA) is 50.9 Å². The molecule has 1 aromatic carbocycles. The van der Waals surface area contributed by atoms with E-state index in [1.807, 2.05) is 25.3 Å². The first-order chi connectivity index (χ1) is 9.15. The van der Waals surface area contributed by atoms with Gasteiger partial charge in [0, 0.05) is 12.4 Å². The van der Waals surface area contributed by atoms with Crippen molar-refractivity contribution in [3.63, 3.8) is 0 Å². The van der Waals surface area contributed by atoms with Crippen LogP contribution in [0.5, 0.6) is 0 Å². The Balaban J connectivity index is 2.49. The van der Waals surface area contributed by atoms with Gasteiger partial charge in [-0.3, -0.25) is 10.8 Å². The number of rotatable bonds is 4. The van der Waals surface area contributed by atoms with Crippen LogP contribution < -0.4 is 11.3 Å². The second kappa shape index (κ2) is 5.91. The first kappa shape index (κ1) is 13.6. The van der Waals surface area contributed by atoms with Crippen LogP contribution in [0.25, 0.3) is 0 Å². The molecule has 3 N–H and O–H groups in total. The van der Waals surface area contributed by atoms with Gasteiger partial charge in [0.1, 0.15) is 5.82 Å². The molecule has 0 radical (unpaired) electrons. The van der Waals surface area contributed by atoms with Crippen LogP contribution in [-0.2, 0) is 6.42 Å². The maximum atomic E-state index is 13.5. The molecule has 0 aliphatic rings. The lowest BCUT2D eigenvalue weighted by Crippen LogP contribution is -2.29. The molecule has 0 saturated heterocycles. The van der Waals surface area contributed by atoms with Crippen LogP contribution in [0, 0.1) is 12.7 Å². The van der Waals surface area contributed by atoms with Gasteiger partial charge in [0.25, 0.3) is 0 Å². The third-order valence-corrected chi connectivity index (χ3v) is 3.20. The number of hydrogen-bond donors (Lipinski definition) is 2. The van der Waals surface area contributed by atoms with Gasteiger partial charge >= 0.3 is 0 Å². The molecule has 100 valence electrons. The molecule has 2 aromatic rings. The Hall–Kier alpha value is -1.78. The van der Waals surface area contributed by atoms with Crippen molar-refractivity contribution in [3.05, 3.63) is 64.7 Å². The van der Waals surface area contributed by atoms with Crippen LogP contribution in [0.1, 0.15) is 35.2 Å². The standard InChI is InChI=1S/C15H18FN3/c1-3-11-9-18-5-4-14(11)15(19-17)12-6-10(2)7-13(16)8-12/h4-9,15,19H,3,17H2,1-2H3. The first-order valence-electron chi connectivity index (χ1n) is 6.31. The highest BCUT2D eigenvalue weighted by atomic mass is 19.1. The van der Waals surface area contributed by atoms with E-state index >= 15 is 0 Å². The number of nitrogens with one attached hydrogen (secondary N) is 1. The number of aryl methyl sites for hydroxylation is 2. The molecule has 0 fully saturated rings. The van der Waals surface area contributed by atoms with Crippen LogP contribution in [0.3, 0.4) is 0 Å². The fraction of sp³-hybridized carbons (Fsp3) is 0.267. The number of hydrogen-bond acceptors (Lipinski definition) is 3. The van der Waals surface area contributed by atoms with Gasteiger partial charge < -0.3 is 0 Å². The van der Waals surface area contributed by atoms with E-state index < -0.39 is 0 Å². The second-order valence-electron chi connectivity index (χ2n) is 4.59. The normalized spacial score (nSPS) is 12.4. The van der Waals surface area contributed by atoms with E-state index in [4.69, 9.17) is 5.84 Å². The van der Waals surface area contributed by atoms with Crippen molar-refractivity contribution >= 4 is 0 Å². The molecule has 19 heavy (non-hydrogen) atoms. The third kappa shape index (κ3) is 2.97. The highest BCUT2D eigenvalue weighted by Crippen LogP contribution is 2.25. The second-order valence-corrected chi connectivity index (χ2v) is 4.59. The smallest absolute Gasteiger partial charge is 0.123 e. The van der Waals surface area contributed by atoms with Gasteiger partial charge in [0.05, 0.1) is 6.04 Å². The van der Waals surface area contributed by atoms with Crippen molar-refractivity contribution in [1.29, 1.82) is 0 Å². The summed E-state index contributed by atoms with van der Waals surface area (Å²) in [5.74, 6) is 5.42. The van der Waals surface area contributed by atoms with Crippen molar-refractivity contribution < 1.29 is 4.39 Å². The molecule has 2 rings (SSSR count). The van der Waals surface area contributed by atoms with E-state index in [2.05, 4.69) is 17.3 Å². The van der Waals surface area contributed by atoms with Gasteiger partial charge in [-0.05, 0) is 53.8 Å². The summed E-state index contributed by atoms with van der Waals surface area (Å²) in [6.07, 6.45) is 4.41. The van der Waals surface area contributed by atoms with Gasteiger partial charge in [-0.1, -0.05) is 13.0 Å². The number of halogens is 1. The molecule has 0 bridgehead atoms. The summed E-state index contributed by atoms with van der Waals surface area (Å²) in [6.45, 7) is 3.93. The Morgan fingerprint density at radius 3 is 2.79 bits per heavy atom. The minimum Gasteiger partial charge on any atom is -0.271 e. The predicted octanol–water partition coefficient (Wildman–Crippen LogP) is 2.64. The van der Waals surface area contributed by atoms with Crippen molar-refractivity contribution in [1.82, 2.24) is 10.4 Å². The quantitative estimate of drug-likeness (QED) is 0.655. The highest BCUT2D eigenvalue weighted by Gasteiger charge is 2.16.